The van der Waals surface area contributed by atoms with Crippen molar-refractivity contribution in [3.8, 4) is 0 Å². The molecule has 0 atom stereocenters. The zero-order chi connectivity index (χ0) is 24.9. The van der Waals surface area contributed by atoms with Crippen molar-refractivity contribution in [1.82, 2.24) is 20.4 Å². The van der Waals surface area contributed by atoms with E-state index >= 15 is 0 Å². The van der Waals surface area contributed by atoms with E-state index in [2.05, 4.69) is 15.5 Å². The average molecular weight is 483 g/mol. The third-order valence-corrected chi connectivity index (χ3v) is 7.32. The van der Waals surface area contributed by atoms with Crippen LogP contribution in [-0.4, -0.2) is 87.8 Å². The minimum absolute atomic E-state index is 0.375. The number of ether oxygens (including phenoxy) is 1. The highest BCUT2D eigenvalue weighted by atomic mass is 16.5. The molecule has 0 bridgehead atoms. The summed E-state index contributed by atoms with van der Waals surface area (Å²) >= 11 is 0. The van der Waals surface area contributed by atoms with E-state index in [9.17, 15) is 4.79 Å². The maximum atomic E-state index is 11.4. The van der Waals surface area contributed by atoms with Crippen LogP contribution in [0.1, 0.15) is 91.9 Å². The van der Waals surface area contributed by atoms with Gasteiger partial charge in [0.25, 0.3) is 0 Å². The first-order chi connectivity index (χ1) is 16.8. The lowest BCUT2D eigenvalue weighted by Crippen LogP contribution is -2.37. The maximum absolute atomic E-state index is 11.4. The van der Waals surface area contributed by atoms with E-state index in [0.29, 0.717) is 5.91 Å². The van der Waals surface area contributed by atoms with E-state index in [1.54, 1.807) is 0 Å². The number of rotatable bonds is 8. The summed E-state index contributed by atoms with van der Waals surface area (Å²) in [7, 11) is 0. The third kappa shape index (κ3) is 14.0. The van der Waals surface area contributed by atoms with Crippen molar-refractivity contribution in [2.45, 2.75) is 91.9 Å². The van der Waals surface area contributed by atoms with E-state index in [0.717, 1.165) is 64.1 Å². The fourth-order valence-electron chi connectivity index (χ4n) is 5.28. The fourth-order valence-corrected chi connectivity index (χ4v) is 5.28. The molecular formula is C28H58N4O2. The average Bonchev–Trinajstić information content (AvgIpc) is 3.33. The number of nitrogens with one attached hydrogen (secondary N) is 2. The number of piperidine rings is 2. The Labute approximate surface area is 211 Å². The number of hydrogen-bond donors (Lipinski definition) is 2. The molecule has 4 rings (SSSR count). The normalized spacial score (nSPS) is 22.1. The molecule has 0 aliphatic carbocycles. The highest BCUT2D eigenvalue weighted by Crippen LogP contribution is 2.19. The van der Waals surface area contributed by atoms with Gasteiger partial charge < -0.3 is 20.3 Å². The Bertz CT molecular complexity index is 441. The molecule has 0 aromatic heterocycles. The Morgan fingerprint density at radius 2 is 1.26 bits per heavy atom. The van der Waals surface area contributed by atoms with Crippen molar-refractivity contribution in [3.63, 3.8) is 0 Å². The zero-order valence-electron chi connectivity index (χ0n) is 23.2. The Kier molecular flexibility index (Phi) is 19.9. The van der Waals surface area contributed by atoms with Gasteiger partial charge in [-0.25, -0.2) is 0 Å². The molecule has 0 saturated carbocycles. The first-order valence-electron chi connectivity index (χ1n) is 14.8. The number of carbonyl (C=O) groups excluding carboxylic acids is 1. The molecule has 4 aliphatic heterocycles. The molecule has 0 unspecified atom stereocenters. The van der Waals surface area contributed by atoms with Crippen LogP contribution >= 0.6 is 0 Å². The predicted molar refractivity (Wildman–Crippen MR) is 145 cm³/mol. The van der Waals surface area contributed by atoms with Gasteiger partial charge in [0.1, 0.15) is 0 Å². The van der Waals surface area contributed by atoms with Crippen LogP contribution < -0.4 is 10.6 Å². The van der Waals surface area contributed by atoms with E-state index in [-0.39, 0.29) is 0 Å². The van der Waals surface area contributed by atoms with Crippen molar-refractivity contribution in [3.05, 3.63) is 0 Å². The Morgan fingerprint density at radius 1 is 0.765 bits per heavy atom. The smallest absolute Gasteiger partial charge is 0.222 e. The molecule has 0 aromatic rings. The number of carbonyl (C=O) groups is 1. The van der Waals surface area contributed by atoms with Crippen LogP contribution in [0.25, 0.3) is 0 Å². The molecule has 4 heterocycles. The summed E-state index contributed by atoms with van der Waals surface area (Å²) in [5.41, 5.74) is 0. The molecule has 34 heavy (non-hydrogen) atoms. The molecule has 202 valence electrons. The minimum atomic E-state index is 0.375. The Morgan fingerprint density at radius 3 is 1.74 bits per heavy atom. The molecular weight excluding hydrogens is 424 g/mol. The van der Waals surface area contributed by atoms with Crippen molar-refractivity contribution < 1.29 is 9.53 Å². The van der Waals surface area contributed by atoms with Crippen LogP contribution in [0.2, 0.25) is 0 Å². The summed E-state index contributed by atoms with van der Waals surface area (Å²) in [5, 5.41) is 6.82. The largest absolute Gasteiger partial charge is 0.379 e. The van der Waals surface area contributed by atoms with Crippen LogP contribution in [0.3, 0.4) is 0 Å². The van der Waals surface area contributed by atoms with Gasteiger partial charge in [-0.15, -0.1) is 0 Å². The van der Waals surface area contributed by atoms with Crippen LogP contribution in [-0.2, 0) is 9.53 Å². The molecule has 0 spiro atoms. The Balaban J connectivity index is 0.000000297. The van der Waals surface area contributed by atoms with Crippen LogP contribution in [0.15, 0.2) is 0 Å². The lowest BCUT2D eigenvalue weighted by Gasteiger charge is -2.28. The number of nitrogens with zero attached hydrogens (tertiary/aromatic N) is 2. The monoisotopic (exact) mass is 482 g/mol. The molecule has 0 aromatic carbocycles. The van der Waals surface area contributed by atoms with Gasteiger partial charge >= 0.3 is 0 Å². The van der Waals surface area contributed by atoms with Gasteiger partial charge in [-0.05, 0) is 102 Å². The molecule has 6 heteroatoms. The standard InChI is InChI=1S/C12H22N2O.C12H24N2O.2C2H6/c15-12-4-2-10-14(12)9-1-3-11-5-7-13-8-6-11;1(2-12-3-5-13-6-4-12)7-14-8-10-15-11-9-14;2*1-2/h11,13H,1-10H2;12-13H,1-11H2;2*1-2H3. The van der Waals surface area contributed by atoms with E-state index in [1.807, 2.05) is 32.6 Å². The van der Waals surface area contributed by atoms with Gasteiger partial charge in [0.2, 0.25) is 5.91 Å². The number of morpholine rings is 1. The second-order valence-electron chi connectivity index (χ2n) is 9.61. The number of amides is 1. The van der Waals surface area contributed by atoms with Gasteiger partial charge in [0, 0.05) is 32.6 Å². The van der Waals surface area contributed by atoms with E-state index in [1.165, 1.54) is 84.1 Å². The van der Waals surface area contributed by atoms with Gasteiger partial charge in [-0.3, -0.25) is 9.69 Å². The van der Waals surface area contributed by atoms with Crippen molar-refractivity contribution >= 4 is 5.91 Å². The fraction of sp³-hybridized carbons (Fsp3) is 0.964. The lowest BCUT2D eigenvalue weighted by atomic mass is 9.93. The topological polar surface area (TPSA) is 56.8 Å². The molecule has 2 N–H and O–H groups in total. The first-order valence-corrected chi connectivity index (χ1v) is 14.8. The van der Waals surface area contributed by atoms with Crippen LogP contribution in [0.5, 0.6) is 0 Å². The quantitative estimate of drug-likeness (QED) is 0.532. The third-order valence-electron chi connectivity index (χ3n) is 7.32. The summed E-state index contributed by atoms with van der Waals surface area (Å²) < 4.78 is 5.35. The SMILES string of the molecule is C(CC1CCNCC1)CN1CCOCC1.CC.CC.O=C1CCCN1CCCC1CCNCC1. The van der Waals surface area contributed by atoms with Crippen molar-refractivity contribution in [1.29, 1.82) is 0 Å². The zero-order valence-corrected chi connectivity index (χ0v) is 23.2. The van der Waals surface area contributed by atoms with Crippen LogP contribution in [0.4, 0.5) is 0 Å². The van der Waals surface area contributed by atoms with Gasteiger partial charge in [-0.2, -0.15) is 0 Å². The molecule has 1 amide bonds. The summed E-state index contributed by atoms with van der Waals surface area (Å²) in [6, 6.07) is 0. The summed E-state index contributed by atoms with van der Waals surface area (Å²) in [6.07, 6.45) is 12.6. The second kappa shape index (κ2) is 21.6. The molecule has 4 fully saturated rings. The predicted octanol–water partition coefficient (Wildman–Crippen LogP) is 4.54. The van der Waals surface area contributed by atoms with Gasteiger partial charge in [-0.1, -0.05) is 27.7 Å². The number of likely N-dealkylation sites (tertiary alicyclic amines) is 1. The van der Waals surface area contributed by atoms with Gasteiger partial charge in [0.05, 0.1) is 13.2 Å². The first kappa shape index (κ1) is 31.3. The van der Waals surface area contributed by atoms with E-state index in [4.69, 9.17) is 4.74 Å². The van der Waals surface area contributed by atoms with Crippen molar-refractivity contribution in [2.24, 2.45) is 11.8 Å². The molecule has 0 radical (unpaired) electrons. The molecule has 4 saturated heterocycles. The Hall–Kier alpha value is -0.690. The highest BCUT2D eigenvalue weighted by Gasteiger charge is 2.20. The summed E-state index contributed by atoms with van der Waals surface area (Å²) in [4.78, 5) is 16.0. The summed E-state index contributed by atoms with van der Waals surface area (Å²) in [5.74, 6) is 2.27. The maximum Gasteiger partial charge on any atom is 0.222 e. The summed E-state index contributed by atoms with van der Waals surface area (Å²) in [6.45, 7) is 20.3. The van der Waals surface area contributed by atoms with E-state index < -0.39 is 0 Å². The van der Waals surface area contributed by atoms with Crippen LogP contribution in [0, 0.1) is 11.8 Å². The van der Waals surface area contributed by atoms with Gasteiger partial charge in [0.15, 0.2) is 0 Å². The second-order valence-corrected chi connectivity index (χ2v) is 9.61. The molecule has 6 nitrogen and oxygen atoms in total. The molecule has 4 aliphatic rings. The number of hydrogen-bond acceptors (Lipinski definition) is 5. The highest BCUT2D eigenvalue weighted by molar-refractivity contribution is 5.77. The lowest BCUT2D eigenvalue weighted by molar-refractivity contribution is -0.127. The minimum Gasteiger partial charge on any atom is -0.379 e. The van der Waals surface area contributed by atoms with Crippen molar-refractivity contribution in [2.75, 3.05) is 72.1 Å².